The van der Waals surface area contributed by atoms with E-state index in [1.807, 2.05) is 6.07 Å². The summed E-state index contributed by atoms with van der Waals surface area (Å²) in [7, 11) is 0. The molecule has 2 unspecified atom stereocenters. The lowest BCUT2D eigenvalue weighted by Gasteiger charge is -2.28. The highest BCUT2D eigenvalue weighted by atomic mass is 16.5. The molecule has 2 heterocycles. The molecule has 0 radical (unpaired) electrons. The molecule has 2 atom stereocenters. The first-order valence-electron chi connectivity index (χ1n) is 6.21. The third-order valence-electron chi connectivity index (χ3n) is 3.85. The van der Waals surface area contributed by atoms with Crippen LogP contribution in [-0.4, -0.2) is 35.7 Å². The van der Waals surface area contributed by atoms with Gasteiger partial charge >= 0.3 is 0 Å². The number of fused-ring (bicyclic) bond motifs is 1. The first-order chi connectivity index (χ1) is 8.29. The summed E-state index contributed by atoms with van der Waals surface area (Å²) in [6.45, 7) is 2.48. The van der Waals surface area contributed by atoms with Gasteiger partial charge in [-0.05, 0) is 31.5 Å². The second-order valence-electron chi connectivity index (χ2n) is 4.82. The normalized spacial score (nSPS) is 28.1. The summed E-state index contributed by atoms with van der Waals surface area (Å²) in [6, 6.07) is 6.18. The largest absolute Gasteiger partial charge is 0.508 e. The Hall–Kier alpha value is -1.26. The van der Waals surface area contributed by atoms with Gasteiger partial charge in [0.2, 0.25) is 0 Å². The van der Waals surface area contributed by atoms with Crippen LogP contribution in [0.3, 0.4) is 0 Å². The van der Waals surface area contributed by atoms with Crippen LogP contribution in [0.25, 0.3) is 0 Å². The van der Waals surface area contributed by atoms with E-state index < -0.39 is 0 Å². The number of likely N-dealkylation sites (tertiary alicyclic amines) is 1. The van der Waals surface area contributed by atoms with E-state index in [0.29, 0.717) is 25.2 Å². The zero-order valence-electron chi connectivity index (χ0n) is 9.80. The molecule has 0 amide bonds. The van der Waals surface area contributed by atoms with Gasteiger partial charge in [0.25, 0.3) is 0 Å². The zero-order chi connectivity index (χ0) is 11.8. The molecule has 4 nitrogen and oxygen atoms in total. The Morgan fingerprint density at radius 3 is 3.18 bits per heavy atom. The Balaban J connectivity index is 1.88. The molecule has 4 heteroatoms. The summed E-state index contributed by atoms with van der Waals surface area (Å²) in [5, 5.41) is 9.43. The molecule has 1 aromatic rings. The summed E-state index contributed by atoms with van der Waals surface area (Å²) < 4.78 is 5.65. The van der Waals surface area contributed by atoms with Crippen LogP contribution in [0.1, 0.15) is 24.4 Å². The molecule has 0 aliphatic carbocycles. The third kappa shape index (κ3) is 1.77. The molecule has 17 heavy (non-hydrogen) atoms. The monoisotopic (exact) mass is 234 g/mol. The Bertz CT molecular complexity index is 422. The van der Waals surface area contributed by atoms with Gasteiger partial charge in [0.05, 0.1) is 6.04 Å². The van der Waals surface area contributed by atoms with E-state index in [-0.39, 0.29) is 5.75 Å². The summed E-state index contributed by atoms with van der Waals surface area (Å²) in [6.07, 6.45) is 2.40. The molecule has 1 saturated heterocycles. The summed E-state index contributed by atoms with van der Waals surface area (Å²) in [5.41, 5.74) is 7.00. The lowest BCUT2D eigenvalue weighted by Crippen LogP contribution is -2.38. The highest BCUT2D eigenvalue weighted by molar-refractivity contribution is 5.44. The molecule has 3 N–H and O–H groups in total. The minimum Gasteiger partial charge on any atom is -0.508 e. The first kappa shape index (κ1) is 10.9. The third-order valence-corrected chi connectivity index (χ3v) is 3.85. The Morgan fingerprint density at radius 2 is 2.35 bits per heavy atom. The number of aromatic hydroxyl groups is 1. The van der Waals surface area contributed by atoms with Gasteiger partial charge in [-0.3, -0.25) is 4.90 Å². The van der Waals surface area contributed by atoms with Crippen molar-refractivity contribution in [3.8, 4) is 11.5 Å². The Kier molecular flexibility index (Phi) is 2.68. The predicted molar refractivity (Wildman–Crippen MR) is 65.1 cm³/mol. The molecule has 1 fully saturated rings. The van der Waals surface area contributed by atoms with Crippen LogP contribution in [0.15, 0.2) is 18.2 Å². The Labute approximate surface area is 101 Å². The quantitative estimate of drug-likeness (QED) is 0.808. The van der Waals surface area contributed by atoms with Gasteiger partial charge in [-0.1, -0.05) is 0 Å². The molecule has 0 saturated carbocycles. The molecule has 0 spiro atoms. The molecule has 0 bridgehead atoms. The fraction of sp³-hybridized carbons (Fsp3) is 0.538. The van der Waals surface area contributed by atoms with Gasteiger partial charge in [0.15, 0.2) is 0 Å². The van der Waals surface area contributed by atoms with Crippen LogP contribution in [-0.2, 0) is 0 Å². The maximum Gasteiger partial charge on any atom is 0.127 e. The SMILES string of the molecule is NCC1CCCN1C1COc2cc(O)ccc21. The van der Waals surface area contributed by atoms with Gasteiger partial charge in [-0.25, -0.2) is 0 Å². The second-order valence-corrected chi connectivity index (χ2v) is 4.82. The minimum atomic E-state index is 0.265. The van der Waals surface area contributed by atoms with Crippen molar-refractivity contribution in [1.82, 2.24) is 4.90 Å². The average molecular weight is 234 g/mol. The smallest absolute Gasteiger partial charge is 0.127 e. The van der Waals surface area contributed by atoms with Crippen molar-refractivity contribution in [1.29, 1.82) is 0 Å². The van der Waals surface area contributed by atoms with Gasteiger partial charge < -0.3 is 15.6 Å². The number of rotatable bonds is 2. The van der Waals surface area contributed by atoms with Crippen LogP contribution in [0.4, 0.5) is 0 Å². The average Bonchev–Trinajstić information content (AvgIpc) is 2.92. The van der Waals surface area contributed by atoms with E-state index in [9.17, 15) is 5.11 Å². The van der Waals surface area contributed by atoms with Crippen molar-refractivity contribution in [3.05, 3.63) is 23.8 Å². The highest BCUT2D eigenvalue weighted by Crippen LogP contribution is 2.40. The molecule has 0 aromatic heterocycles. The molecular weight excluding hydrogens is 216 g/mol. The maximum atomic E-state index is 9.43. The number of hydrogen-bond acceptors (Lipinski definition) is 4. The lowest BCUT2D eigenvalue weighted by molar-refractivity contribution is 0.152. The van der Waals surface area contributed by atoms with Gasteiger partial charge in [0.1, 0.15) is 18.1 Å². The number of nitrogens with zero attached hydrogens (tertiary/aromatic N) is 1. The van der Waals surface area contributed by atoms with Crippen molar-refractivity contribution in [3.63, 3.8) is 0 Å². The van der Waals surface area contributed by atoms with E-state index in [1.54, 1.807) is 12.1 Å². The number of phenols is 1. The van der Waals surface area contributed by atoms with Crippen molar-refractivity contribution < 1.29 is 9.84 Å². The highest BCUT2D eigenvalue weighted by Gasteiger charge is 2.35. The standard InChI is InChI=1S/C13H18N2O2/c14-7-9-2-1-5-15(9)12-8-17-13-6-10(16)3-4-11(12)13/h3-4,6,9,12,16H,1-2,5,7-8,14H2. The second kappa shape index (κ2) is 4.20. The topological polar surface area (TPSA) is 58.7 Å². The van der Waals surface area contributed by atoms with Crippen LogP contribution >= 0.6 is 0 Å². The van der Waals surface area contributed by atoms with E-state index >= 15 is 0 Å². The predicted octanol–water partition coefficient (Wildman–Crippen LogP) is 1.25. The first-order valence-corrected chi connectivity index (χ1v) is 6.21. The molecule has 1 aromatic carbocycles. The maximum absolute atomic E-state index is 9.43. The van der Waals surface area contributed by atoms with Crippen molar-refractivity contribution >= 4 is 0 Å². The molecule has 3 rings (SSSR count). The van der Waals surface area contributed by atoms with Gasteiger partial charge in [-0.2, -0.15) is 0 Å². The minimum absolute atomic E-state index is 0.265. The van der Waals surface area contributed by atoms with Crippen LogP contribution < -0.4 is 10.5 Å². The zero-order valence-corrected chi connectivity index (χ0v) is 9.80. The molecule has 2 aliphatic heterocycles. The summed E-state index contributed by atoms with van der Waals surface area (Å²) in [5.74, 6) is 1.08. The van der Waals surface area contributed by atoms with E-state index in [1.165, 1.54) is 18.4 Å². The number of nitrogens with two attached hydrogens (primary N) is 1. The molecule has 2 aliphatic rings. The van der Waals surface area contributed by atoms with Crippen molar-refractivity contribution in [2.24, 2.45) is 5.73 Å². The summed E-state index contributed by atoms with van der Waals surface area (Å²) in [4.78, 5) is 2.45. The van der Waals surface area contributed by atoms with Gasteiger partial charge in [-0.15, -0.1) is 0 Å². The lowest BCUT2D eigenvalue weighted by atomic mass is 10.1. The van der Waals surface area contributed by atoms with Crippen LogP contribution in [0.2, 0.25) is 0 Å². The molecule has 92 valence electrons. The van der Waals surface area contributed by atoms with Crippen molar-refractivity contribution in [2.45, 2.75) is 24.9 Å². The van der Waals surface area contributed by atoms with Gasteiger partial charge in [0, 0.05) is 24.2 Å². The van der Waals surface area contributed by atoms with Crippen LogP contribution in [0, 0.1) is 0 Å². The van der Waals surface area contributed by atoms with E-state index in [2.05, 4.69) is 4.90 Å². The molecular formula is C13H18N2O2. The number of phenolic OH excluding ortho intramolecular Hbond substituents is 1. The number of ether oxygens (including phenoxy) is 1. The number of hydrogen-bond donors (Lipinski definition) is 2. The fourth-order valence-corrected chi connectivity index (χ4v) is 2.98. The number of benzene rings is 1. The fourth-order valence-electron chi connectivity index (χ4n) is 2.98. The van der Waals surface area contributed by atoms with Crippen molar-refractivity contribution in [2.75, 3.05) is 19.7 Å². The van der Waals surface area contributed by atoms with E-state index in [0.717, 1.165) is 12.3 Å². The Morgan fingerprint density at radius 1 is 1.47 bits per heavy atom. The van der Waals surface area contributed by atoms with Crippen LogP contribution in [0.5, 0.6) is 11.5 Å². The van der Waals surface area contributed by atoms with E-state index in [4.69, 9.17) is 10.5 Å². The summed E-state index contributed by atoms with van der Waals surface area (Å²) >= 11 is 0.